The quantitative estimate of drug-likeness (QED) is 0.599. The Labute approximate surface area is 128 Å². The van der Waals surface area contributed by atoms with Crippen LogP contribution in [0.1, 0.15) is 33.5 Å². The SMILES string of the molecule is CCNC(=NCC(OC)C(C)(C)C)NCCc1ccco1. The second-order valence-electron chi connectivity index (χ2n) is 6.07. The van der Waals surface area contributed by atoms with E-state index in [4.69, 9.17) is 9.15 Å². The average Bonchev–Trinajstić information content (AvgIpc) is 2.91. The zero-order chi connectivity index (χ0) is 15.7. The van der Waals surface area contributed by atoms with Gasteiger partial charge in [0.05, 0.1) is 18.9 Å². The Balaban J connectivity index is 2.48. The van der Waals surface area contributed by atoms with Crippen molar-refractivity contribution >= 4 is 5.96 Å². The summed E-state index contributed by atoms with van der Waals surface area (Å²) in [7, 11) is 1.74. The molecule has 0 spiro atoms. The Kier molecular flexibility index (Phi) is 7.29. The highest BCUT2D eigenvalue weighted by Crippen LogP contribution is 2.21. The number of hydrogen-bond donors (Lipinski definition) is 2. The number of hydrogen-bond acceptors (Lipinski definition) is 3. The van der Waals surface area contributed by atoms with Gasteiger partial charge in [-0.25, -0.2) is 0 Å². The van der Waals surface area contributed by atoms with E-state index in [2.05, 4.69) is 43.3 Å². The van der Waals surface area contributed by atoms with Crippen LogP contribution in [0.3, 0.4) is 0 Å². The van der Waals surface area contributed by atoms with E-state index in [-0.39, 0.29) is 11.5 Å². The van der Waals surface area contributed by atoms with E-state index < -0.39 is 0 Å². The summed E-state index contributed by atoms with van der Waals surface area (Å²) in [6.45, 7) is 10.8. The topological polar surface area (TPSA) is 58.8 Å². The monoisotopic (exact) mass is 295 g/mol. The molecule has 5 nitrogen and oxygen atoms in total. The van der Waals surface area contributed by atoms with E-state index in [0.717, 1.165) is 31.2 Å². The van der Waals surface area contributed by atoms with Gasteiger partial charge in [0, 0.05) is 26.6 Å². The highest BCUT2D eigenvalue weighted by molar-refractivity contribution is 5.79. The van der Waals surface area contributed by atoms with E-state index >= 15 is 0 Å². The molecule has 0 saturated carbocycles. The standard InChI is InChI=1S/C16H29N3O2/c1-6-17-15(18-10-9-13-8-7-11-21-13)19-12-14(20-5)16(2,3)4/h7-8,11,14H,6,9-10,12H2,1-5H3,(H2,17,18,19). The summed E-state index contributed by atoms with van der Waals surface area (Å²) in [6.07, 6.45) is 2.63. The first kappa shape index (κ1) is 17.6. The Hall–Kier alpha value is -1.49. The van der Waals surface area contributed by atoms with Crippen molar-refractivity contribution in [2.24, 2.45) is 10.4 Å². The summed E-state index contributed by atoms with van der Waals surface area (Å²) in [6, 6.07) is 3.88. The van der Waals surface area contributed by atoms with E-state index in [0.29, 0.717) is 6.54 Å². The number of furan rings is 1. The largest absolute Gasteiger partial charge is 0.469 e. The first-order chi connectivity index (χ1) is 9.97. The van der Waals surface area contributed by atoms with Gasteiger partial charge in [0.15, 0.2) is 5.96 Å². The van der Waals surface area contributed by atoms with E-state index in [9.17, 15) is 0 Å². The number of guanidine groups is 1. The summed E-state index contributed by atoms with van der Waals surface area (Å²) in [5, 5.41) is 6.56. The second-order valence-corrected chi connectivity index (χ2v) is 6.07. The number of aliphatic imine (C=N–C) groups is 1. The molecule has 5 heteroatoms. The van der Waals surface area contributed by atoms with Crippen molar-refractivity contribution < 1.29 is 9.15 Å². The molecule has 120 valence electrons. The lowest BCUT2D eigenvalue weighted by molar-refractivity contribution is 0.0241. The number of nitrogens with zero attached hydrogens (tertiary/aromatic N) is 1. The number of nitrogens with one attached hydrogen (secondary N) is 2. The summed E-state index contributed by atoms with van der Waals surface area (Å²) in [4.78, 5) is 4.61. The molecule has 0 bridgehead atoms. The number of rotatable bonds is 7. The summed E-state index contributed by atoms with van der Waals surface area (Å²) < 4.78 is 10.8. The Morgan fingerprint density at radius 2 is 2.14 bits per heavy atom. The molecule has 0 aromatic carbocycles. The third kappa shape index (κ3) is 6.67. The van der Waals surface area contributed by atoms with Crippen LogP contribution in [0.4, 0.5) is 0 Å². The van der Waals surface area contributed by atoms with Gasteiger partial charge in [0.2, 0.25) is 0 Å². The van der Waals surface area contributed by atoms with Crippen LogP contribution in [0.25, 0.3) is 0 Å². The Morgan fingerprint density at radius 3 is 2.67 bits per heavy atom. The van der Waals surface area contributed by atoms with Crippen LogP contribution in [-0.2, 0) is 11.2 Å². The predicted molar refractivity (Wildman–Crippen MR) is 86.6 cm³/mol. The van der Waals surface area contributed by atoms with Crippen molar-refractivity contribution in [2.45, 2.75) is 40.2 Å². The van der Waals surface area contributed by atoms with Crippen LogP contribution in [0.5, 0.6) is 0 Å². The maximum absolute atomic E-state index is 5.53. The van der Waals surface area contributed by atoms with Crippen LogP contribution in [-0.4, -0.2) is 38.8 Å². The molecular formula is C16H29N3O2. The number of methoxy groups -OCH3 is 1. The molecule has 1 aromatic heterocycles. The van der Waals surface area contributed by atoms with Gasteiger partial charge in [-0.3, -0.25) is 4.99 Å². The minimum absolute atomic E-state index is 0.0732. The van der Waals surface area contributed by atoms with Gasteiger partial charge in [-0.15, -0.1) is 0 Å². The fraction of sp³-hybridized carbons (Fsp3) is 0.688. The van der Waals surface area contributed by atoms with Crippen LogP contribution in [0.2, 0.25) is 0 Å². The molecule has 1 heterocycles. The lowest BCUT2D eigenvalue weighted by atomic mass is 9.89. The highest BCUT2D eigenvalue weighted by atomic mass is 16.5. The fourth-order valence-corrected chi connectivity index (χ4v) is 1.98. The normalized spacial score (nSPS) is 14.0. The molecule has 0 aliphatic heterocycles. The molecule has 0 aliphatic rings. The first-order valence-electron chi connectivity index (χ1n) is 7.54. The second kappa shape index (κ2) is 8.72. The van der Waals surface area contributed by atoms with Gasteiger partial charge < -0.3 is 19.8 Å². The molecular weight excluding hydrogens is 266 g/mol. The molecule has 1 aromatic rings. The van der Waals surface area contributed by atoms with Crippen LogP contribution in [0.15, 0.2) is 27.8 Å². The van der Waals surface area contributed by atoms with E-state index in [1.54, 1.807) is 13.4 Å². The molecule has 0 saturated heterocycles. The summed E-state index contributed by atoms with van der Waals surface area (Å²) in [5.41, 5.74) is 0.0732. The minimum atomic E-state index is 0.0732. The molecule has 21 heavy (non-hydrogen) atoms. The zero-order valence-electron chi connectivity index (χ0n) is 13.9. The lowest BCUT2D eigenvalue weighted by Gasteiger charge is -2.28. The molecule has 0 aliphatic carbocycles. The maximum atomic E-state index is 5.53. The molecule has 0 radical (unpaired) electrons. The molecule has 1 atom stereocenters. The van der Waals surface area contributed by atoms with Crippen molar-refractivity contribution in [3.8, 4) is 0 Å². The zero-order valence-corrected chi connectivity index (χ0v) is 13.9. The smallest absolute Gasteiger partial charge is 0.191 e. The third-order valence-electron chi connectivity index (χ3n) is 3.25. The van der Waals surface area contributed by atoms with Crippen LogP contribution in [0, 0.1) is 5.41 Å². The van der Waals surface area contributed by atoms with Crippen LogP contribution >= 0.6 is 0 Å². The molecule has 1 rings (SSSR count). The minimum Gasteiger partial charge on any atom is -0.469 e. The first-order valence-corrected chi connectivity index (χ1v) is 7.54. The highest BCUT2D eigenvalue weighted by Gasteiger charge is 2.23. The molecule has 2 N–H and O–H groups in total. The van der Waals surface area contributed by atoms with Crippen molar-refractivity contribution in [1.82, 2.24) is 10.6 Å². The maximum Gasteiger partial charge on any atom is 0.191 e. The molecule has 1 unspecified atom stereocenters. The van der Waals surface area contributed by atoms with Crippen molar-refractivity contribution in [3.05, 3.63) is 24.2 Å². The molecule has 0 fully saturated rings. The lowest BCUT2D eigenvalue weighted by Crippen LogP contribution is -2.40. The van der Waals surface area contributed by atoms with Crippen molar-refractivity contribution in [1.29, 1.82) is 0 Å². The Morgan fingerprint density at radius 1 is 1.38 bits per heavy atom. The fourth-order valence-electron chi connectivity index (χ4n) is 1.98. The van der Waals surface area contributed by atoms with Gasteiger partial charge in [0.1, 0.15) is 5.76 Å². The van der Waals surface area contributed by atoms with Gasteiger partial charge in [-0.1, -0.05) is 20.8 Å². The molecule has 0 amide bonds. The van der Waals surface area contributed by atoms with Gasteiger partial charge in [-0.2, -0.15) is 0 Å². The van der Waals surface area contributed by atoms with Gasteiger partial charge >= 0.3 is 0 Å². The van der Waals surface area contributed by atoms with Crippen molar-refractivity contribution in [2.75, 3.05) is 26.7 Å². The summed E-state index contributed by atoms with van der Waals surface area (Å²) >= 11 is 0. The average molecular weight is 295 g/mol. The summed E-state index contributed by atoms with van der Waals surface area (Å²) in [5.74, 6) is 1.79. The van der Waals surface area contributed by atoms with E-state index in [1.807, 2.05) is 12.1 Å². The number of ether oxygens (including phenoxy) is 1. The predicted octanol–water partition coefficient (Wildman–Crippen LogP) is 2.44. The van der Waals surface area contributed by atoms with Crippen molar-refractivity contribution in [3.63, 3.8) is 0 Å². The Bertz CT molecular complexity index is 408. The van der Waals surface area contributed by atoms with Gasteiger partial charge in [0.25, 0.3) is 0 Å². The van der Waals surface area contributed by atoms with E-state index in [1.165, 1.54) is 0 Å². The van der Waals surface area contributed by atoms with Crippen LogP contribution < -0.4 is 10.6 Å². The third-order valence-corrected chi connectivity index (χ3v) is 3.25. The van der Waals surface area contributed by atoms with Gasteiger partial charge in [-0.05, 0) is 24.5 Å².